The molecule has 0 aromatic heterocycles. The number of nitriles is 1. The predicted molar refractivity (Wildman–Crippen MR) is 95.3 cm³/mol. The molecule has 6 heteroatoms. The van der Waals surface area contributed by atoms with Crippen LogP contribution in [0.1, 0.15) is 18.9 Å². The van der Waals surface area contributed by atoms with Gasteiger partial charge in [-0.3, -0.25) is 0 Å². The van der Waals surface area contributed by atoms with Crippen molar-refractivity contribution >= 4 is 15.7 Å². The van der Waals surface area contributed by atoms with E-state index in [0.717, 1.165) is 18.8 Å². The summed E-state index contributed by atoms with van der Waals surface area (Å²) in [7, 11) is -3.58. The van der Waals surface area contributed by atoms with Gasteiger partial charge in [-0.05, 0) is 43.7 Å². The average molecular weight is 343 g/mol. The summed E-state index contributed by atoms with van der Waals surface area (Å²) in [4.78, 5) is 2.32. The summed E-state index contributed by atoms with van der Waals surface area (Å²) in [6.45, 7) is 4.05. The van der Waals surface area contributed by atoms with Gasteiger partial charge in [0.05, 0.1) is 16.5 Å². The zero-order valence-electron chi connectivity index (χ0n) is 13.6. The molecule has 2 aromatic rings. The van der Waals surface area contributed by atoms with Gasteiger partial charge in [-0.25, -0.2) is 13.1 Å². The van der Waals surface area contributed by atoms with Gasteiger partial charge in [0.15, 0.2) is 0 Å². The largest absolute Gasteiger partial charge is 0.372 e. The number of sulfonamides is 1. The lowest BCUT2D eigenvalue weighted by Gasteiger charge is -2.23. The SMILES string of the molecule is CCN(CCCNS(=O)(=O)c1cccc(C#N)c1)c1ccccc1. The molecule has 0 spiro atoms. The van der Waals surface area contributed by atoms with Gasteiger partial charge in [0.2, 0.25) is 10.0 Å². The summed E-state index contributed by atoms with van der Waals surface area (Å²) in [6.07, 6.45) is 0.694. The molecule has 0 aliphatic rings. The van der Waals surface area contributed by atoms with E-state index in [4.69, 9.17) is 5.26 Å². The van der Waals surface area contributed by atoms with Crippen LogP contribution in [-0.2, 0) is 10.0 Å². The summed E-state index contributed by atoms with van der Waals surface area (Å²) in [5.41, 5.74) is 1.46. The number of hydrogen-bond acceptors (Lipinski definition) is 4. The molecule has 0 atom stereocenters. The third-order valence-electron chi connectivity index (χ3n) is 3.67. The fourth-order valence-corrected chi connectivity index (χ4v) is 3.52. The maximum atomic E-state index is 12.3. The summed E-state index contributed by atoms with van der Waals surface area (Å²) < 4.78 is 27.1. The molecule has 0 amide bonds. The average Bonchev–Trinajstić information content (AvgIpc) is 2.62. The van der Waals surface area contributed by atoms with E-state index in [2.05, 4.69) is 16.5 Å². The van der Waals surface area contributed by atoms with E-state index in [0.29, 0.717) is 18.5 Å². The monoisotopic (exact) mass is 343 g/mol. The molecule has 0 radical (unpaired) electrons. The van der Waals surface area contributed by atoms with E-state index >= 15 is 0 Å². The van der Waals surface area contributed by atoms with Gasteiger partial charge in [-0.2, -0.15) is 5.26 Å². The van der Waals surface area contributed by atoms with Crippen molar-refractivity contribution in [2.45, 2.75) is 18.2 Å². The minimum absolute atomic E-state index is 0.122. The molecular formula is C18H21N3O2S. The van der Waals surface area contributed by atoms with Crippen LogP contribution < -0.4 is 9.62 Å². The Labute approximate surface area is 143 Å². The van der Waals surface area contributed by atoms with Crippen LogP contribution in [0.5, 0.6) is 0 Å². The molecule has 0 unspecified atom stereocenters. The number of para-hydroxylation sites is 1. The van der Waals surface area contributed by atoms with Gasteiger partial charge in [0.1, 0.15) is 0 Å². The highest BCUT2D eigenvalue weighted by Crippen LogP contribution is 2.13. The zero-order valence-corrected chi connectivity index (χ0v) is 14.5. The number of hydrogen-bond donors (Lipinski definition) is 1. The van der Waals surface area contributed by atoms with Crippen molar-refractivity contribution < 1.29 is 8.42 Å². The smallest absolute Gasteiger partial charge is 0.240 e. The first-order chi connectivity index (χ1) is 11.6. The second kappa shape index (κ2) is 8.48. The fourth-order valence-electron chi connectivity index (χ4n) is 2.40. The minimum Gasteiger partial charge on any atom is -0.372 e. The standard InChI is InChI=1S/C18H21N3O2S/c1-2-21(17-9-4-3-5-10-17)13-7-12-20-24(22,23)18-11-6-8-16(14-18)15-19/h3-6,8-11,14,20H,2,7,12-13H2,1H3. The zero-order chi connectivity index (χ0) is 17.4. The number of benzene rings is 2. The summed E-state index contributed by atoms with van der Waals surface area (Å²) >= 11 is 0. The Morgan fingerprint density at radius 1 is 1.12 bits per heavy atom. The van der Waals surface area contributed by atoms with Crippen molar-refractivity contribution in [3.8, 4) is 6.07 Å². The second-order valence-corrected chi connectivity index (χ2v) is 7.07. The molecule has 0 heterocycles. The third-order valence-corrected chi connectivity index (χ3v) is 5.13. The third kappa shape index (κ3) is 4.82. The topological polar surface area (TPSA) is 73.2 Å². The molecule has 1 N–H and O–H groups in total. The van der Waals surface area contributed by atoms with E-state index in [1.807, 2.05) is 36.4 Å². The van der Waals surface area contributed by atoms with Gasteiger partial charge in [-0.1, -0.05) is 24.3 Å². The van der Waals surface area contributed by atoms with Crippen LogP contribution in [0, 0.1) is 11.3 Å². The van der Waals surface area contributed by atoms with E-state index in [1.165, 1.54) is 12.1 Å². The Bertz CT molecular complexity index is 799. The summed E-state index contributed by atoms with van der Waals surface area (Å²) in [5, 5.41) is 8.87. The van der Waals surface area contributed by atoms with Gasteiger partial charge in [0, 0.05) is 25.3 Å². The van der Waals surface area contributed by atoms with Gasteiger partial charge in [0.25, 0.3) is 0 Å². The van der Waals surface area contributed by atoms with Crippen molar-refractivity contribution in [3.05, 3.63) is 60.2 Å². The molecule has 24 heavy (non-hydrogen) atoms. The van der Waals surface area contributed by atoms with Crippen LogP contribution in [0.15, 0.2) is 59.5 Å². The van der Waals surface area contributed by atoms with E-state index in [1.54, 1.807) is 12.1 Å². The molecule has 2 rings (SSSR count). The molecular weight excluding hydrogens is 322 g/mol. The molecule has 5 nitrogen and oxygen atoms in total. The number of nitrogens with zero attached hydrogens (tertiary/aromatic N) is 2. The summed E-state index contributed by atoms with van der Waals surface area (Å²) in [5.74, 6) is 0. The Morgan fingerprint density at radius 3 is 2.54 bits per heavy atom. The van der Waals surface area contributed by atoms with Gasteiger partial charge in [-0.15, -0.1) is 0 Å². The van der Waals surface area contributed by atoms with E-state index in [9.17, 15) is 8.42 Å². The molecule has 0 saturated heterocycles. The Kier molecular flexibility index (Phi) is 6.36. The maximum Gasteiger partial charge on any atom is 0.240 e. The summed E-state index contributed by atoms with van der Waals surface area (Å²) in [6, 6.07) is 18.0. The highest BCUT2D eigenvalue weighted by Gasteiger charge is 2.14. The molecule has 0 saturated carbocycles. The lowest BCUT2D eigenvalue weighted by atomic mass is 10.2. The molecule has 0 aliphatic carbocycles. The Morgan fingerprint density at radius 2 is 1.88 bits per heavy atom. The van der Waals surface area contributed by atoms with Gasteiger partial charge < -0.3 is 4.90 Å². The van der Waals surface area contributed by atoms with E-state index in [-0.39, 0.29) is 4.90 Å². The number of rotatable bonds is 8. The van der Waals surface area contributed by atoms with Crippen LogP contribution >= 0.6 is 0 Å². The fraction of sp³-hybridized carbons (Fsp3) is 0.278. The lowest BCUT2D eigenvalue weighted by molar-refractivity contribution is 0.578. The van der Waals surface area contributed by atoms with Crippen molar-refractivity contribution in [2.75, 3.05) is 24.5 Å². The normalized spacial score (nSPS) is 11.0. The molecule has 0 bridgehead atoms. The molecule has 0 fully saturated rings. The maximum absolute atomic E-state index is 12.3. The van der Waals surface area contributed by atoms with Crippen LogP contribution in [0.3, 0.4) is 0 Å². The van der Waals surface area contributed by atoms with Crippen LogP contribution in [0.4, 0.5) is 5.69 Å². The minimum atomic E-state index is -3.58. The van der Waals surface area contributed by atoms with Gasteiger partial charge >= 0.3 is 0 Å². The van der Waals surface area contributed by atoms with Crippen LogP contribution in [-0.4, -0.2) is 28.1 Å². The van der Waals surface area contributed by atoms with Crippen LogP contribution in [0.25, 0.3) is 0 Å². The van der Waals surface area contributed by atoms with Crippen molar-refractivity contribution in [1.82, 2.24) is 4.72 Å². The first-order valence-corrected chi connectivity index (χ1v) is 9.35. The predicted octanol–water partition coefficient (Wildman–Crippen LogP) is 2.75. The number of anilines is 1. The van der Waals surface area contributed by atoms with Crippen molar-refractivity contribution in [1.29, 1.82) is 5.26 Å². The highest BCUT2D eigenvalue weighted by molar-refractivity contribution is 7.89. The van der Waals surface area contributed by atoms with E-state index < -0.39 is 10.0 Å². The lowest BCUT2D eigenvalue weighted by Crippen LogP contribution is -2.30. The number of nitrogens with one attached hydrogen (secondary N) is 1. The Hall–Kier alpha value is -2.36. The molecule has 0 aliphatic heterocycles. The Balaban J connectivity index is 1.90. The molecule has 126 valence electrons. The van der Waals surface area contributed by atoms with Crippen molar-refractivity contribution in [3.63, 3.8) is 0 Å². The highest BCUT2D eigenvalue weighted by atomic mass is 32.2. The quantitative estimate of drug-likeness (QED) is 0.748. The van der Waals surface area contributed by atoms with Crippen LogP contribution in [0.2, 0.25) is 0 Å². The first kappa shape index (κ1) is 18.0. The molecule has 2 aromatic carbocycles. The second-order valence-electron chi connectivity index (χ2n) is 5.31. The van der Waals surface area contributed by atoms with Crippen molar-refractivity contribution in [2.24, 2.45) is 0 Å². The first-order valence-electron chi connectivity index (χ1n) is 7.86.